The van der Waals surface area contributed by atoms with Crippen LogP contribution in [0.5, 0.6) is 0 Å². The van der Waals surface area contributed by atoms with Crippen molar-refractivity contribution in [1.82, 2.24) is 9.80 Å². The summed E-state index contributed by atoms with van der Waals surface area (Å²) in [5, 5.41) is 0. The van der Waals surface area contributed by atoms with Crippen molar-refractivity contribution < 1.29 is 19.1 Å². The number of hydrogen-bond donors (Lipinski definition) is 0. The van der Waals surface area contributed by atoms with Crippen molar-refractivity contribution in [3.63, 3.8) is 0 Å². The molecule has 0 saturated carbocycles. The van der Waals surface area contributed by atoms with Crippen LogP contribution in [0.25, 0.3) is 0 Å². The highest BCUT2D eigenvalue weighted by Crippen LogP contribution is 2.22. The van der Waals surface area contributed by atoms with Crippen LogP contribution >= 0.6 is 0 Å². The van der Waals surface area contributed by atoms with Gasteiger partial charge in [-0.1, -0.05) is 195 Å². The standard InChI is InChI=1S/C52H104N2O4/c1-7-11-15-19-23-31-39-49(37-29-17-13-9-3)47-57-51(55)41-33-25-21-27-35-43-54(46-45-53(5)6)44-36-28-22-26-34-42-52(56)58-48-50(38-30-18-14-10-4)40-32-24-20-16-12-8-2/h49-50H,7-48H2,1-6H3. The number of likely N-dealkylation sites (N-methyl/N-ethyl adjacent to an activating group) is 1. The molecule has 0 radical (unpaired) electrons. The lowest BCUT2D eigenvalue weighted by Crippen LogP contribution is -2.33. The van der Waals surface area contributed by atoms with E-state index < -0.39 is 0 Å². The predicted octanol–water partition coefficient (Wildman–Crippen LogP) is 15.3. The second-order valence-corrected chi connectivity index (χ2v) is 18.6. The lowest BCUT2D eigenvalue weighted by atomic mass is 9.95. The molecule has 0 bridgehead atoms. The minimum atomic E-state index is 0.0204. The molecule has 0 fully saturated rings. The minimum absolute atomic E-state index is 0.0204. The molecule has 6 heteroatoms. The molecule has 0 aromatic rings. The monoisotopic (exact) mass is 821 g/mol. The normalized spacial score (nSPS) is 12.8. The first-order valence-corrected chi connectivity index (χ1v) is 26.0. The van der Waals surface area contributed by atoms with Crippen LogP contribution in [0.4, 0.5) is 0 Å². The lowest BCUT2D eigenvalue weighted by molar-refractivity contribution is -0.146. The molecule has 6 nitrogen and oxygen atoms in total. The Kier molecular flexibility index (Phi) is 44.5. The molecule has 0 aliphatic heterocycles. The molecule has 0 aromatic heterocycles. The number of hydrogen-bond acceptors (Lipinski definition) is 6. The third-order valence-electron chi connectivity index (χ3n) is 12.4. The summed E-state index contributed by atoms with van der Waals surface area (Å²) in [5.74, 6) is 1.13. The van der Waals surface area contributed by atoms with Crippen LogP contribution in [0, 0.1) is 11.8 Å². The summed E-state index contributed by atoms with van der Waals surface area (Å²) in [6.45, 7) is 14.9. The highest BCUT2D eigenvalue weighted by atomic mass is 16.5. The lowest BCUT2D eigenvalue weighted by Gasteiger charge is -2.24. The van der Waals surface area contributed by atoms with Crippen molar-refractivity contribution >= 4 is 11.9 Å². The van der Waals surface area contributed by atoms with Crippen LogP contribution in [-0.2, 0) is 19.1 Å². The van der Waals surface area contributed by atoms with Crippen LogP contribution in [-0.4, -0.2) is 75.2 Å². The van der Waals surface area contributed by atoms with E-state index >= 15 is 0 Å². The van der Waals surface area contributed by atoms with Gasteiger partial charge in [0.1, 0.15) is 0 Å². The average molecular weight is 821 g/mol. The molecule has 0 aliphatic rings. The van der Waals surface area contributed by atoms with Gasteiger partial charge in [0.25, 0.3) is 0 Å². The summed E-state index contributed by atoms with van der Waals surface area (Å²) in [4.78, 5) is 30.1. The predicted molar refractivity (Wildman–Crippen MR) is 253 cm³/mol. The molecule has 0 heterocycles. The SMILES string of the molecule is CCCCCCCCC(CCCCCC)COC(=O)CCCCCCCN(CCCCCCCC(=O)OCC(CCCCCC)CCCCCCCC)CCN(C)C. The largest absolute Gasteiger partial charge is 0.465 e. The van der Waals surface area contributed by atoms with Gasteiger partial charge in [-0.15, -0.1) is 0 Å². The van der Waals surface area contributed by atoms with E-state index in [2.05, 4.69) is 51.6 Å². The Hall–Kier alpha value is -1.14. The quantitative estimate of drug-likeness (QED) is 0.0450. The Balaban J connectivity index is 4.23. The number of ether oxygens (including phenoxy) is 2. The van der Waals surface area contributed by atoms with Crippen LogP contribution in [0.1, 0.15) is 259 Å². The number of rotatable bonds is 47. The molecule has 0 aromatic carbocycles. The Morgan fingerprint density at radius 1 is 0.362 bits per heavy atom. The number of carbonyl (C=O) groups is 2. The third kappa shape index (κ3) is 41.6. The summed E-state index contributed by atoms with van der Waals surface area (Å²) in [6, 6.07) is 0. The number of carbonyl (C=O) groups excluding carboxylic acids is 2. The highest BCUT2D eigenvalue weighted by Gasteiger charge is 2.14. The number of esters is 2. The summed E-state index contributed by atoms with van der Waals surface area (Å²) in [6.07, 6.45) is 43.8. The van der Waals surface area contributed by atoms with Gasteiger partial charge >= 0.3 is 11.9 Å². The molecular formula is C52H104N2O4. The maximum absolute atomic E-state index is 12.6. The molecule has 0 aliphatic carbocycles. The molecule has 58 heavy (non-hydrogen) atoms. The molecule has 0 N–H and O–H groups in total. The fourth-order valence-electron chi connectivity index (χ4n) is 8.28. The van der Waals surface area contributed by atoms with Crippen molar-refractivity contribution in [2.75, 3.05) is 53.5 Å². The zero-order valence-corrected chi connectivity index (χ0v) is 40.4. The van der Waals surface area contributed by atoms with Crippen molar-refractivity contribution in [3.05, 3.63) is 0 Å². The Morgan fingerprint density at radius 2 is 0.655 bits per heavy atom. The van der Waals surface area contributed by atoms with Gasteiger partial charge < -0.3 is 19.3 Å². The van der Waals surface area contributed by atoms with E-state index in [0.717, 1.165) is 38.8 Å². The van der Waals surface area contributed by atoms with Crippen molar-refractivity contribution in [3.8, 4) is 0 Å². The molecule has 0 spiro atoms. The van der Waals surface area contributed by atoms with Crippen LogP contribution in [0.3, 0.4) is 0 Å². The Morgan fingerprint density at radius 3 is 1.00 bits per heavy atom. The van der Waals surface area contributed by atoms with Gasteiger partial charge in [-0.2, -0.15) is 0 Å². The first-order chi connectivity index (χ1) is 28.4. The number of nitrogens with zero attached hydrogens (tertiary/aromatic N) is 2. The molecular weight excluding hydrogens is 717 g/mol. The Labute approximate surface area is 363 Å². The fraction of sp³-hybridized carbons (Fsp3) is 0.962. The summed E-state index contributed by atoms with van der Waals surface area (Å²) >= 11 is 0. The van der Waals surface area contributed by atoms with E-state index in [9.17, 15) is 9.59 Å². The molecule has 2 unspecified atom stereocenters. The fourth-order valence-corrected chi connectivity index (χ4v) is 8.28. The second-order valence-electron chi connectivity index (χ2n) is 18.6. The second kappa shape index (κ2) is 45.4. The van der Waals surface area contributed by atoms with Gasteiger partial charge in [0.2, 0.25) is 0 Å². The van der Waals surface area contributed by atoms with Gasteiger partial charge in [-0.3, -0.25) is 9.59 Å². The van der Waals surface area contributed by atoms with E-state index in [1.807, 2.05) is 0 Å². The van der Waals surface area contributed by atoms with Gasteiger partial charge in [0.05, 0.1) is 13.2 Å². The molecule has 0 rings (SSSR count). The maximum atomic E-state index is 12.6. The zero-order valence-electron chi connectivity index (χ0n) is 40.4. The Bertz CT molecular complexity index is 789. The van der Waals surface area contributed by atoms with Crippen LogP contribution < -0.4 is 0 Å². The van der Waals surface area contributed by atoms with Gasteiger partial charge in [-0.25, -0.2) is 0 Å². The van der Waals surface area contributed by atoms with Crippen molar-refractivity contribution in [2.24, 2.45) is 11.8 Å². The summed E-state index contributed by atoms with van der Waals surface area (Å²) < 4.78 is 11.7. The van der Waals surface area contributed by atoms with E-state index in [4.69, 9.17) is 9.47 Å². The van der Waals surface area contributed by atoms with Crippen LogP contribution in [0.2, 0.25) is 0 Å². The average Bonchev–Trinajstić information content (AvgIpc) is 3.21. The summed E-state index contributed by atoms with van der Waals surface area (Å²) in [7, 11) is 4.34. The first kappa shape index (κ1) is 56.9. The first-order valence-electron chi connectivity index (χ1n) is 26.0. The van der Waals surface area contributed by atoms with Gasteiger partial charge in [0.15, 0.2) is 0 Å². The minimum Gasteiger partial charge on any atom is -0.465 e. The van der Waals surface area contributed by atoms with Gasteiger partial charge in [-0.05, 0) is 90.4 Å². The van der Waals surface area contributed by atoms with Crippen molar-refractivity contribution in [1.29, 1.82) is 0 Å². The van der Waals surface area contributed by atoms with E-state index in [1.54, 1.807) is 0 Å². The van der Waals surface area contributed by atoms with Crippen molar-refractivity contribution in [2.45, 2.75) is 259 Å². The topological polar surface area (TPSA) is 59.1 Å². The summed E-state index contributed by atoms with van der Waals surface area (Å²) in [5.41, 5.74) is 0. The molecule has 0 saturated heterocycles. The van der Waals surface area contributed by atoms with E-state index in [-0.39, 0.29) is 11.9 Å². The molecule has 346 valence electrons. The number of unbranched alkanes of at least 4 members (excludes halogenated alkanes) is 24. The highest BCUT2D eigenvalue weighted by molar-refractivity contribution is 5.69. The smallest absolute Gasteiger partial charge is 0.305 e. The maximum Gasteiger partial charge on any atom is 0.305 e. The molecule has 0 amide bonds. The van der Waals surface area contributed by atoms with Gasteiger partial charge in [0, 0.05) is 25.9 Å². The third-order valence-corrected chi connectivity index (χ3v) is 12.4. The van der Waals surface area contributed by atoms with Crippen LogP contribution in [0.15, 0.2) is 0 Å². The van der Waals surface area contributed by atoms with E-state index in [0.29, 0.717) is 37.9 Å². The molecule has 2 atom stereocenters. The van der Waals surface area contributed by atoms with E-state index in [1.165, 1.54) is 206 Å². The zero-order chi connectivity index (χ0) is 42.6.